The molecular formula is C29H54N2O8. The summed E-state index contributed by atoms with van der Waals surface area (Å²) in [5.74, 6) is -0.887. The van der Waals surface area contributed by atoms with Crippen LogP contribution in [-0.2, 0) is 38.1 Å². The maximum Gasteiger partial charge on any atom is 0.253 e. The molecule has 0 spiro atoms. The Labute approximate surface area is 236 Å². The Morgan fingerprint density at radius 2 is 1.33 bits per heavy atom. The number of hydrogen-bond acceptors (Lipinski definition) is 8. The summed E-state index contributed by atoms with van der Waals surface area (Å²) in [6, 6.07) is 0. The minimum atomic E-state index is -0.475. The highest BCUT2D eigenvalue weighted by atomic mass is 16.6. The summed E-state index contributed by atoms with van der Waals surface area (Å²) in [4.78, 5) is 46.8. The lowest BCUT2D eigenvalue weighted by Gasteiger charge is -2.32. The molecule has 10 heteroatoms. The van der Waals surface area contributed by atoms with Gasteiger partial charge in [0.25, 0.3) is 11.8 Å². The summed E-state index contributed by atoms with van der Waals surface area (Å²) in [5.41, 5.74) is -0.861. The zero-order chi connectivity index (χ0) is 30.3. The topological polar surface area (TPSA) is 120 Å². The van der Waals surface area contributed by atoms with Crippen LogP contribution in [0, 0.1) is 0 Å². The molecule has 0 aliphatic carbocycles. The fourth-order valence-electron chi connectivity index (χ4n) is 2.87. The molecule has 0 saturated carbocycles. The third-order valence-electron chi connectivity index (χ3n) is 5.01. The molecule has 39 heavy (non-hydrogen) atoms. The summed E-state index contributed by atoms with van der Waals surface area (Å²) < 4.78 is 22.7. The van der Waals surface area contributed by atoms with Crippen LogP contribution >= 0.6 is 0 Å². The van der Waals surface area contributed by atoms with Gasteiger partial charge in [-0.25, -0.2) is 0 Å². The van der Waals surface area contributed by atoms with Crippen LogP contribution in [-0.4, -0.2) is 92.3 Å². The van der Waals surface area contributed by atoms with Gasteiger partial charge in [-0.05, 0) is 41.0 Å². The van der Waals surface area contributed by atoms with E-state index in [1.807, 2.05) is 41.5 Å². The molecule has 1 aliphatic heterocycles. The molecule has 10 nitrogen and oxygen atoms in total. The van der Waals surface area contributed by atoms with Crippen LogP contribution in [0.2, 0.25) is 0 Å². The number of carbonyl (C=O) groups excluding carboxylic acids is 4. The van der Waals surface area contributed by atoms with Crippen molar-refractivity contribution in [3.8, 4) is 0 Å². The van der Waals surface area contributed by atoms with E-state index >= 15 is 0 Å². The van der Waals surface area contributed by atoms with E-state index in [9.17, 15) is 19.2 Å². The van der Waals surface area contributed by atoms with Crippen LogP contribution in [0.5, 0.6) is 0 Å². The van der Waals surface area contributed by atoms with Gasteiger partial charge in [-0.1, -0.05) is 34.1 Å². The molecule has 0 atom stereocenters. The van der Waals surface area contributed by atoms with Crippen molar-refractivity contribution in [2.75, 3.05) is 52.7 Å². The first-order valence-electron chi connectivity index (χ1n) is 14.1. The number of nitrogens with one attached hydrogen (secondary N) is 1. The highest BCUT2D eigenvalue weighted by molar-refractivity contribution is 6.13. The van der Waals surface area contributed by atoms with Crippen LogP contribution in [0.3, 0.4) is 0 Å². The van der Waals surface area contributed by atoms with Crippen LogP contribution in [0.25, 0.3) is 0 Å². The Balaban J connectivity index is 0. The molecule has 228 valence electrons. The van der Waals surface area contributed by atoms with Gasteiger partial charge in [-0.3, -0.25) is 19.3 Å². The van der Waals surface area contributed by atoms with E-state index in [1.165, 1.54) is 18.6 Å². The maximum atomic E-state index is 11.8. The van der Waals surface area contributed by atoms with E-state index in [-0.39, 0.29) is 30.3 Å². The smallest absolute Gasteiger partial charge is 0.253 e. The lowest BCUT2D eigenvalue weighted by Crippen LogP contribution is -2.37. The Kier molecular flexibility index (Phi) is 22.7. The second-order valence-corrected chi connectivity index (χ2v) is 10.1. The molecule has 0 radical (unpaired) electrons. The van der Waals surface area contributed by atoms with Gasteiger partial charge >= 0.3 is 0 Å². The minimum Gasteiger partial charge on any atom is -0.377 e. The number of hydrogen-bond donors (Lipinski definition) is 1. The first-order chi connectivity index (χ1) is 18.3. The molecule has 0 bridgehead atoms. The molecule has 1 heterocycles. The maximum absolute atomic E-state index is 11.8. The SMILES string of the molecule is CC.CC(=O)CCC(C)(C)OCC(C)(C)OCCOCCOCCNC(=O)CCN1C(=O)C=CC1=O.CCC. The van der Waals surface area contributed by atoms with E-state index in [0.717, 1.165) is 4.90 Å². The lowest BCUT2D eigenvalue weighted by atomic mass is 10.0. The first kappa shape index (κ1) is 39.0. The van der Waals surface area contributed by atoms with E-state index in [1.54, 1.807) is 6.92 Å². The van der Waals surface area contributed by atoms with Crippen molar-refractivity contribution in [2.45, 2.75) is 99.2 Å². The average Bonchev–Trinajstić information content (AvgIpc) is 3.20. The highest BCUT2D eigenvalue weighted by Crippen LogP contribution is 2.20. The molecule has 1 N–H and O–H groups in total. The fourth-order valence-corrected chi connectivity index (χ4v) is 2.87. The number of amides is 3. The number of rotatable bonds is 19. The van der Waals surface area contributed by atoms with Gasteiger partial charge in [0.15, 0.2) is 0 Å². The summed E-state index contributed by atoms with van der Waals surface area (Å²) in [7, 11) is 0. The zero-order valence-corrected chi connectivity index (χ0v) is 25.9. The molecular weight excluding hydrogens is 504 g/mol. The van der Waals surface area contributed by atoms with Gasteiger partial charge in [0.05, 0.1) is 50.8 Å². The van der Waals surface area contributed by atoms with Crippen molar-refractivity contribution in [1.82, 2.24) is 10.2 Å². The van der Waals surface area contributed by atoms with Gasteiger partial charge in [0, 0.05) is 38.1 Å². The third kappa shape index (κ3) is 22.4. The molecule has 0 fully saturated rings. The third-order valence-corrected chi connectivity index (χ3v) is 5.01. The van der Waals surface area contributed by atoms with Crippen molar-refractivity contribution in [3.05, 3.63) is 12.2 Å². The molecule has 0 aromatic carbocycles. The summed E-state index contributed by atoms with van der Waals surface area (Å²) in [6.07, 6.45) is 4.86. The van der Waals surface area contributed by atoms with Gasteiger partial charge in [0.2, 0.25) is 5.91 Å². The number of ether oxygens (including phenoxy) is 4. The molecule has 0 aromatic rings. The number of ketones is 1. The average molecular weight is 559 g/mol. The highest BCUT2D eigenvalue weighted by Gasteiger charge is 2.26. The number of carbonyl (C=O) groups is 4. The van der Waals surface area contributed by atoms with Crippen molar-refractivity contribution >= 4 is 23.5 Å². The van der Waals surface area contributed by atoms with E-state index < -0.39 is 17.4 Å². The van der Waals surface area contributed by atoms with Crippen molar-refractivity contribution < 1.29 is 38.1 Å². The Bertz CT molecular complexity index is 717. The Morgan fingerprint density at radius 3 is 1.87 bits per heavy atom. The fraction of sp³-hybridized carbons (Fsp3) is 0.793. The van der Waals surface area contributed by atoms with E-state index in [0.29, 0.717) is 59.0 Å². The van der Waals surface area contributed by atoms with Crippen molar-refractivity contribution in [3.63, 3.8) is 0 Å². The van der Waals surface area contributed by atoms with Crippen LogP contribution in [0.1, 0.15) is 88.0 Å². The van der Waals surface area contributed by atoms with E-state index in [2.05, 4.69) is 19.2 Å². The standard InChI is InChI=1S/C24H40N2O8.C3H8.C2H6/c1-19(27)8-10-23(2,3)34-18-24(4,5)33-17-16-32-15-14-31-13-11-25-20(28)9-12-26-21(29)6-7-22(26)30;1-3-2;1-2/h6-7H,8-18H2,1-5H3,(H,25,28);3H2,1-2H3;1-2H3. The largest absolute Gasteiger partial charge is 0.377 e. The van der Waals surface area contributed by atoms with Gasteiger partial charge in [-0.2, -0.15) is 0 Å². The molecule has 1 rings (SSSR count). The number of nitrogens with zero attached hydrogens (tertiary/aromatic N) is 1. The molecule has 1 aliphatic rings. The van der Waals surface area contributed by atoms with Gasteiger partial charge in [-0.15, -0.1) is 0 Å². The number of imide groups is 1. The zero-order valence-electron chi connectivity index (χ0n) is 25.9. The normalized spacial score (nSPS) is 13.0. The summed E-state index contributed by atoms with van der Waals surface area (Å²) >= 11 is 0. The second kappa shape index (κ2) is 22.7. The quantitative estimate of drug-likeness (QED) is 0.187. The molecule has 3 amide bonds. The predicted octanol–water partition coefficient (Wildman–Crippen LogP) is 3.85. The van der Waals surface area contributed by atoms with Gasteiger partial charge < -0.3 is 29.1 Å². The Morgan fingerprint density at radius 1 is 0.821 bits per heavy atom. The van der Waals surface area contributed by atoms with Gasteiger partial charge in [0.1, 0.15) is 5.78 Å². The van der Waals surface area contributed by atoms with Crippen LogP contribution in [0.15, 0.2) is 12.2 Å². The second-order valence-electron chi connectivity index (χ2n) is 10.1. The monoisotopic (exact) mass is 558 g/mol. The molecule has 0 aromatic heterocycles. The Hall–Kier alpha value is -2.14. The summed E-state index contributed by atoms with van der Waals surface area (Å²) in [6.45, 7) is 20.4. The van der Waals surface area contributed by atoms with Crippen LogP contribution in [0.4, 0.5) is 0 Å². The predicted molar refractivity (Wildman–Crippen MR) is 152 cm³/mol. The molecule has 0 unspecified atom stereocenters. The summed E-state index contributed by atoms with van der Waals surface area (Å²) in [5, 5.41) is 2.68. The van der Waals surface area contributed by atoms with Crippen molar-refractivity contribution in [2.24, 2.45) is 0 Å². The first-order valence-corrected chi connectivity index (χ1v) is 14.1. The van der Waals surface area contributed by atoms with Crippen LogP contribution < -0.4 is 5.32 Å². The van der Waals surface area contributed by atoms with E-state index in [4.69, 9.17) is 18.9 Å². The molecule has 0 saturated heterocycles. The lowest BCUT2D eigenvalue weighted by molar-refractivity contribution is -0.137. The van der Waals surface area contributed by atoms with Crippen molar-refractivity contribution in [1.29, 1.82) is 0 Å². The minimum absolute atomic E-state index is 0.0551. The number of Topliss-reactive ketones (excluding diaryl/α,β-unsaturated/α-hetero) is 1.